The second-order valence-corrected chi connectivity index (χ2v) is 6.60. The van der Waals surface area contributed by atoms with Crippen molar-refractivity contribution in [2.45, 2.75) is 20.4 Å². The third kappa shape index (κ3) is 3.41. The molecule has 0 aliphatic rings. The van der Waals surface area contributed by atoms with Crippen LogP contribution in [0, 0.1) is 42.9 Å². The molecule has 1 aromatic carbocycles. The van der Waals surface area contributed by atoms with E-state index in [0.29, 0.717) is 5.76 Å². The van der Waals surface area contributed by atoms with E-state index in [1.54, 1.807) is 16.9 Å². The molecule has 1 N–H and O–H groups in total. The first-order valence-electron chi connectivity index (χ1n) is 7.72. The predicted octanol–water partition coefficient (Wildman–Crippen LogP) is 4.85. The molecule has 3 aromatic rings. The van der Waals surface area contributed by atoms with Gasteiger partial charge in [0.2, 0.25) is 5.82 Å². The molecule has 0 unspecified atom stereocenters. The molecule has 0 fully saturated rings. The van der Waals surface area contributed by atoms with E-state index in [4.69, 9.17) is 4.42 Å². The van der Waals surface area contributed by atoms with E-state index in [1.807, 2.05) is 6.92 Å². The number of furan rings is 1. The van der Waals surface area contributed by atoms with E-state index in [2.05, 4.69) is 21.0 Å². The van der Waals surface area contributed by atoms with Gasteiger partial charge in [-0.25, -0.2) is 22.0 Å². The summed E-state index contributed by atoms with van der Waals surface area (Å²) < 4.78 is 74.6. The number of rotatable bonds is 4. The minimum atomic E-state index is -2.32. The smallest absolute Gasteiger partial charge is 0.291 e. The molecular weight excluding hydrogens is 453 g/mol. The highest BCUT2D eigenvalue weighted by molar-refractivity contribution is 9.10. The average molecular weight is 464 g/mol. The molecule has 0 aliphatic carbocycles. The Morgan fingerprint density at radius 1 is 1.07 bits per heavy atom. The largest absolute Gasteiger partial charge is 0.454 e. The van der Waals surface area contributed by atoms with Gasteiger partial charge in [0.15, 0.2) is 29.0 Å². The number of hydrogen-bond acceptors (Lipinski definition) is 3. The normalized spacial score (nSPS) is 11.1. The van der Waals surface area contributed by atoms with E-state index in [-0.39, 0.29) is 12.3 Å². The summed E-state index contributed by atoms with van der Waals surface area (Å²) in [7, 11) is 0. The van der Waals surface area contributed by atoms with Crippen LogP contribution in [0.25, 0.3) is 0 Å². The number of benzene rings is 1. The first-order valence-corrected chi connectivity index (χ1v) is 8.52. The van der Waals surface area contributed by atoms with Gasteiger partial charge in [-0.05, 0) is 41.9 Å². The number of hydrogen-bond donors (Lipinski definition) is 1. The lowest BCUT2D eigenvalue weighted by molar-refractivity contribution is 0.0993. The third-order valence-corrected chi connectivity index (χ3v) is 5.08. The summed E-state index contributed by atoms with van der Waals surface area (Å²) in [5.41, 5.74) is 0.0940. The number of anilines is 1. The van der Waals surface area contributed by atoms with Gasteiger partial charge in [-0.3, -0.25) is 9.48 Å². The van der Waals surface area contributed by atoms with Crippen LogP contribution in [0.1, 0.15) is 27.7 Å². The van der Waals surface area contributed by atoms with Crippen molar-refractivity contribution >= 4 is 27.5 Å². The quantitative estimate of drug-likeness (QED) is 0.341. The second-order valence-electron chi connectivity index (χ2n) is 5.81. The van der Waals surface area contributed by atoms with E-state index in [0.717, 1.165) is 15.9 Å². The van der Waals surface area contributed by atoms with Crippen LogP contribution in [0.2, 0.25) is 0 Å². The van der Waals surface area contributed by atoms with Gasteiger partial charge in [0.25, 0.3) is 5.91 Å². The SMILES string of the molecule is Cc1nn(Cc2ccc(C(=O)Nc3c(F)c(F)c(F)c(F)c3F)o2)c(C)c1Br. The zero-order valence-corrected chi connectivity index (χ0v) is 15.9. The lowest BCUT2D eigenvalue weighted by atomic mass is 10.2. The van der Waals surface area contributed by atoms with Gasteiger partial charge in [-0.15, -0.1) is 0 Å². The highest BCUT2D eigenvalue weighted by atomic mass is 79.9. The highest BCUT2D eigenvalue weighted by Crippen LogP contribution is 2.28. The molecule has 0 atom stereocenters. The molecule has 2 aromatic heterocycles. The molecular formula is C17H11BrF5N3O2. The Bertz CT molecular complexity index is 1060. The maximum absolute atomic E-state index is 13.7. The molecule has 28 heavy (non-hydrogen) atoms. The van der Waals surface area contributed by atoms with Crippen molar-refractivity contribution in [3.63, 3.8) is 0 Å². The van der Waals surface area contributed by atoms with Gasteiger partial charge < -0.3 is 9.73 Å². The molecule has 1 amide bonds. The van der Waals surface area contributed by atoms with E-state index < -0.39 is 40.7 Å². The number of amides is 1. The molecule has 0 bridgehead atoms. The van der Waals surface area contributed by atoms with Crippen LogP contribution in [0.5, 0.6) is 0 Å². The van der Waals surface area contributed by atoms with Gasteiger partial charge in [-0.2, -0.15) is 5.10 Å². The van der Waals surface area contributed by atoms with Crippen LogP contribution < -0.4 is 5.32 Å². The minimum Gasteiger partial charge on any atom is -0.454 e. The molecule has 0 radical (unpaired) electrons. The predicted molar refractivity (Wildman–Crippen MR) is 91.4 cm³/mol. The Labute approximate surface area is 163 Å². The number of aromatic nitrogens is 2. The Morgan fingerprint density at radius 3 is 2.18 bits per heavy atom. The Morgan fingerprint density at radius 2 is 1.64 bits per heavy atom. The van der Waals surface area contributed by atoms with Crippen LogP contribution in [0.4, 0.5) is 27.6 Å². The lowest BCUT2D eigenvalue weighted by Crippen LogP contribution is -2.16. The van der Waals surface area contributed by atoms with Gasteiger partial charge in [0.1, 0.15) is 11.4 Å². The zero-order valence-electron chi connectivity index (χ0n) is 14.3. The van der Waals surface area contributed by atoms with E-state index in [1.165, 1.54) is 12.1 Å². The number of halogens is 6. The van der Waals surface area contributed by atoms with Crippen molar-refractivity contribution in [3.05, 3.63) is 68.6 Å². The lowest BCUT2D eigenvalue weighted by Gasteiger charge is -2.08. The fraction of sp³-hybridized carbons (Fsp3) is 0.176. The van der Waals surface area contributed by atoms with Gasteiger partial charge in [0.05, 0.1) is 22.4 Å². The molecule has 3 rings (SSSR count). The van der Waals surface area contributed by atoms with Crippen LogP contribution in [0.15, 0.2) is 21.0 Å². The minimum absolute atomic E-state index is 0.161. The van der Waals surface area contributed by atoms with Gasteiger partial charge in [0, 0.05) is 0 Å². The summed E-state index contributed by atoms with van der Waals surface area (Å²) in [4.78, 5) is 12.1. The summed E-state index contributed by atoms with van der Waals surface area (Å²) in [6.45, 7) is 3.76. The number of aryl methyl sites for hydroxylation is 1. The molecule has 0 spiro atoms. The summed E-state index contributed by atoms with van der Waals surface area (Å²) in [5, 5.41) is 5.92. The average Bonchev–Trinajstić information content (AvgIpc) is 3.23. The van der Waals surface area contributed by atoms with Crippen molar-refractivity contribution in [1.29, 1.82) is 0 Å². The monoisotopic (exact) mass is 463 g/mol. The first kappa shape index (κ1) is 20.1. The Hall–Kier alpha value is -2.69. The van der Waals surface area contributed by atoms with Crippen LogP contribution in [0.3, 0.4) is 0 Å². The topological polar surface area (TPSA) is 60.1 Å². The van der Waals surface area contributed by atoms with Crippen molar-refractivity contribution in [1.82, 2.24) is 9.78 Å². The maximum Gasteiger partial charge on any atom is 0.291 e. The maximum atomic E-state index is 13.7. The Balaban J connectivity index is 1.83. The fourth-order valence-electron chi connectivity index (χ4n) is 2.45. The molecule has 0 saturated heterocycles. The molecule has 2 heterocycles. The number of nitrogens with one attached hydrogen (secondary N) is 1. The summed E-state index contributed by atoms with van der Waals surface area (Å²) in [6, 6.07) is 2.63. The molecule has 0 saturated carbocycles. The number of carbonyl (C=O) groups is 1. The van der Waals surface area contributed by atoms with Gasteiger partial charge >= 0.3 is 0 Å². The van der Waals surface area contributed by atoms with Crippen molar-refractivity contribution in [2.75, 3.05) is 5.32 Å². The Kier molecular flexibility index (Phi) is 5.28. The van der Waals surface area contributed by atoms with Crippen LogP contribution in [-0.2, 0) is 6.54 Å². The van der Waals surface area contributed by atoms with Crippen molar-refractivity contribution in [3.8, 4) is 0 Å². The van der Waals surface area contributed by atoms with Gasteiger partial charge in [-0.1, -0.05) is 0 Å². The summed E-state index contributed by atoms with van der Waals surface area (Å²) >= 11 is 3.37. The van der Waals surface area contributed by atoms with Crippen molar-refractivity contribution in [2.24, 2.45) is 0 Å². The molecule has 0 aliphatic heterocycles. The van der Waals surface area contributed by atoms with Crippen LogP contribution in [-0.4, -0.2) is 15.7 Å². The zero-order chi connectivity index (χ0) is 20.7. The number of carbonyl (C=O) groups excluding carboxylic acids is 1. The molecule has 11 heteroatoms. The second kappa shape index (κ2) is 7.38. The van der Waals surface area contributed by atoms with Crippen molar-refractivity contribution < 1.29 is 31.2 Å². The van der Waals surface area contributed by atoms with E-state index in [9.17, 15) is 26.7 Å². The summed E-state index contributed by atoms with van der Waals surface area (Å²) in [6.07, 6.45) is 0. The summed E-state index contributed by atoms with van der Waals surface area (Å²) in [5.74, 6) is -12.2. The number of nitrogens with zero attached hydrogens (tertiary/aromatic N) is 2. The first-order chi connectivity index (χ1) is 13.1. The van der Waals surface area contributed by atoms with E-state index >= 15 is 0 Å². The fourth-order valence-corrected chi connectivity index (χ4v) is 2.74. The molecule has 5 nitrogen and oxygen atoms in total. The third-order valence-electron chi connectivity index (χ3n) is 3.93. The highest BCUT2D eigenvalue weighted by Gasteiger charge is 2.27. The standard InChI is InChI=1S/C17H11BrF5N3O2/c1-6-10(18)7(2)26(25-6)5-8-3-4-9(28-8)17(27)24-16-14(22)12(20)11(19)13(21)15(16)23/h3-4H,5H2,1-2H3,(H,24,27). The van der Waals surface area contributed by atoms with Crippen LogP contribution >= 0.6 is 15.9 Å². The molecule has 148 valence electrons.